The molecule has 1 aromatic rings. The summed E-state index contributed by atoms with van der Waals surface area (Å²) in [6.07, 6.45) is 2.20. The molecule has 0 bridgehead atoms. The first-order valence-electron chi connectivity index (χ1n) is 6.23. The largest absolute Gasteiger partial charge is 0.368 e. The zero-order valence-corrected chi connectivity index (χ0v) is 11.4. The maximum atomic E-state index is 12.1. The third kappa shape index (κ3) is 3.73. The third-order valence-electron chi connectivity index (χ3n) is 3.10. The van der Waals surface area contributed by atoms with Gasteiger partial charge in [0.15, 0.2) is 0 Å². The van der Waals surface area contributed by atoms with Crippen molar-refractivity contribution in [3.63, 3.8) is 0 Å². The van der Waals surface area contributed by atoms with Crippen LogP contribution in [0.15, 0.2) is 30.3 Å². The lowest BCUT2D eigenvalue weighted by Crippen LogP contribution is -2.52. The first-order chi connectivity index (χ1) is 9.18. The number of benzene rings is 1. The topological polar surface area (TPSA) is 63.4 Å². The first-order valence-corrected chi connectivity index (χ1v) is 7.39. The summed E-state index contributed by atoms with van der Waals surface area (Å²) in [6, 6.07) is 9.30. The molecule has 1 aromatic carbocycles. The first kappa shape index (κ1) is 13.9. The van der Waals surface area contributed by atoms with E-state index in [9.17, 15) is 9.59 Å². The molecule has 0 aliphatic carbocycles. The molecule has 2 rings (SSSR count). The molecule has 101 valence electrons. The summed E-state index contributed by atoms with van der Waals surface area (Å²) in [4.78, 5) is 25.1. The van der Waals surface area contributed by atoms with E-state index < -0.39 is 11.9 Å². The van der Waals surface area contributed by atoms with Crippen LogP contribution in [0, 0.1) is 6.42 Å². The Morgan fingerprint density at radius 2 is 2.11 bits per heavy atom. The molecule has 1 saturated heterocycles. The lowest BCUT2D eigenvalue weighted by atomic mass is 10.1. The summed E-state index contributed by atoms with van der Waals surface area (Å²) in [6.45, 7) is 0.586. The van der Waals surface area contributed by atoms with Crippen molar-refractivity contribution in [2.24, 2.45) is 5.73 Å². The van der Waals surface area contributed by atoms with Crippen molar-refractivity contribution < 1.29 is 9.59 Å². The minimum Gasteiger partial charge on any atom is -0.368 e. The van der Waals surface area contributed by atoms with Crippen molar-refractivity contribution in [1.29, 1.82) is 0 Å². The van der Waals surface area contributed by atoms with E-state index in [-0.39, 0.29) is 5.91 Å². The SMILES string of the molecule is NC(=O)C1CSCCN1C(=O)[CH]Cc1ccccc1. The molecule has 5 heteroatoms. The quantitative estimate of drug-likeness (QED) is 0.888. The Morgan fingerprint density at radius 3 is 2.79 bits per heavy atom. The molecule has 1 aliphatic heterocycles. The highest BCUT2D eigenvalue weighted by Gasteiger charge is 2.30. The van der Waals surface area contributed by atoms with Gasteiger partial charge in [-0.25, -0.2) is 0 Å². The van der Waals surface area contributed by atoms with Gasteiger partial charge in [-0.1, -0.05) is 30.3 Å². The van der Waals surface area contributed by atoms with Crippen molar-refractivity contribution in [2.75, 3.05) is 18.1 Å². The van der Waals surface area contributed by atoms with Crippen LogP contribution in [0.2, 0.25) is 0 Å². The second-order valence-corrected chi connectivity index (χ2v) is 5.57. The zero-order valence-electron chi connectivity index (χ0n) is 10.6. The second kappa shape index (κ2) is 6.61. The van der Waals surface area contributed by atoms with E-state index in [0.717, 1.165) is 11.3 Å². The van der Waals surface area contributed by atoms with Gasteiger partial charge in [-0.15, -0.1) is 0 Å². The van der Waals surface area contributed by atoms with Crippen molar-refractivity contribution in [2.45, 2.75) is 12.5 Å². The van der Waals surface area contributed by atoms with Crippen molar-refractivity contribution in [3.8, 4) is 0 Å². The lowest BCUT2D eigenvalue weighted by molar-refractivity contribution is -0.135. The van der Waals surface area contributed by atoms with Gasteiger partial charge in [0.25, 0.3) is 0 Å². The van der Waals surface area contributed by atoms with Crippen LogP contribution < -0.4 is 5.73 Å². The van der Waals surface area contributed by atoms with Crippen LogP contribution in [-0.4, -0.2) is 40.8 Å². The van der Waals surface area contributed by atoms with Crippen LogP contribution in [0.5, 0.6) is 0 Å². The number of rotatable bonds is 4. The highest BCUT2D eigenvalue weighted by molar-refractivity contribution is 7.99. The van der Waals surface area contributed by atoms with Crippen LogP contribution in [0.1, 0.15) is 5.56 Å². The number of primary amides is 1. The standard InChI is InChI=1S/C14H17N2O2S/c15-14(18)12-10-19-9-8-16(12)13(17)7-6-11-4-2-1-3-5-11/h1-5,7,12H,6,8-10H2,(H2,15,18). The third-order valence-corrected chi connectivity index (χ3v) is 4.12. The lowest BCUT2D eigenvalue weighted by Gasteiger charge is -2.33. The molecule has 19 heavy (non-hydrogen) atoms. The number of thioether (sulfide) groups is 1. The van der Waals surface area contributed by atoms with Crippen molar-refractivity contribution in [1.82, 2.24) is 4.90 Å². The van der Waals surface area contributed by atoms with E-state index in [0.29, 0.717) is 18.7 Å². The predicted molar refractivity (Wildman–Crippen MR) is 76.5 cm³/mol. The predicted octanol–water partition coefficient (Wildman–Crippen LogP) is 0.863. The van der Waals surface area contributed by atoms with Gasteiger partial charge < -0.3 is 10.6 Å². The molecule has 1 fully saturated rings. The van der Waals surface area contributed by atoms with Crippen LogP contribution in [-0.2, 0) is 16.0 Å². The highest BCUT2D eigenvalue weighted by atomic mass is 32.2. The molecule has 1 aliphatic rings. The fourth-order valence-corrected chi connectivity index (χ4v) is 3.10. The number of carbonyl (C=O) groups is 2. The molecular weight excluding hydrogens is 260 g/mol. The van der Waals surface area contributed by atoms with E-state index in [1.165, 1.54) is 0 Å². The molecule has 2 N–H and O–H groups in total. The summed E-state index contributed by atoms with van der Waals surface area (Å²) in [5.41, 5.74) is 6.42. The van der Waals surface area contributed by atoms with Gasteiger partial charge in [0.05, 0.1) is 6.42 Å². The average Bonchev–Trinajstić information content (AvgIpc) is 2.46. The Hall–Kier alpha value is -1.49. The fourth-order valence-electron chi connectivity index (χ4n) is 2.04. The Balaban J connectivity index is 1.93. The number of nitrogens with two attached hydrogens (primary N) is 1. The molecular formula is C14H17N2O2S. The number of hydrogen-bond donors (Lipinski definition) is 1. The van der Waals surface area contributed by atoms with Gasteiger partial charge in [0.2, 0.25) is 11.8 Å². The van der Waals surface area contributed by atoms with Crippen LogP contribution in [0.25, 0.3) is 0 Å². The Morgan fingerprint density at radius 1 is 1.37 bits per heavy atom. The average molecular weight is 277 g/mol. The van der Waals surface area contributed by atoms with E-state index >= 15 is 0 Å². The van der Waals surface area contributed by atoms with Crippen LogP contribution in [0.3, 0.4) is 0 Å². The molecule has 1 radical (unpaired) electrons. The van der Waals surface area contributed by atoms with E-state index in [4.69, 9.17) is 5.73 Å². The van der Waals surface area contributed by atoms with E-state index in [2.05, 4.69) is 0 Å². The minimum absolute atomic E-state index is 0.104. The maximum Gasteiger partial charge on any atom is 0.241 e. The van der Waals surface area contributed by atoms with Gasteiger partial charge >= 0.3 is 0 Å². The Labute approximate surface area is 117 Å². The van der Waals surface area contributed by atoms with Gasteiger partial charge in [0.1, 0.15) is 6.04 Å². The monoisotopic (exact) mass is 277 g/mol. The molecule has 0 saturated carbocycles. The second-order valence-electron chi connectivity index (χ2n) is 4.42. The summed E-state index contributed by atoms with van der Waals surface area (Å²) < 4.78 is 0. The van der Waals surface area contributed by atoms with E-state index in [1.54, 1.807) is 23.1 Å². The fraction of sp³-hybridized carbons (Fsp3) is 0.357. The molecule has 0 spiro atoms. The summed E-state index contributed by atoms with van der Waals surface area (Å²) in [5.74, 6) is 0.927. The maximum absolute atomic E-state index is 12.1. The summed E-state index contributed by atoms with van der Waals surface area (Å²) >= 11 is 1.66. The molecule has 0 aromatic heterocycles. The number of carbonyl (C=O) groups excluding carboxylic acids is 2. The Kier molecular flexibility index (Phi) is 4.85. The number of amides is 2. The van der Waals surface area contributed by atoms with Gasteiger partial charge in [-0.2, -0.15) is 11.8 Å². The molecule has 1 heterocycles. The van der Waals surface area contributed by atoms with Crippen LogP contribution >= 0.6 is 11.8 Å². The minimum atomic E-state index is -0.474. The highest BCUT2D eigenvalue weighted by Crippen LogP contribution is 2.17. The molecule has 4 nitrogen and oxygen atoms in total. The molecule has 1 atom stereocenters. The van der Waals surface area contributed by atoms with Crippen LogP contribution in [0.4, 0.5) is 0 Å². The van der Waals surface area contributed by atoms with E-state index in [1.807, 2.05) is 30.3 Å². The van der Waals surface area contributed by atoms with Gasteiger partial charge in [-0.3, -0.25) is 9.59 Å². The number of nitrogens with zero attached hydrogens (tertiary/aromatic N) is 1. The Bertz CT molecular complexity index is 450. The summed E-state index contributed by atoms with van der Waals surface area (Å²) in [7, 11) is 0. The smallest absolute Gasteiger partial charge is 0.241 e. The molecule has 1 unspecified atom stereocenters. The zero-order chi connectivity index (χ0) is 13.7. The normalized spacial score (nSPS) is 19.2. The molecule has 2 amide bonds. The number of hydrogen-bond acceptors (Lipinski definition) is 3. The van der Waals surface area contributed by atoms with Gasteiger partial charge in [-0.05, 0) is 12.0 Å². The van der Waals surface area contributed by atoms with Crippen molar-refractivity contribution in [3.05, 3.63) is 42.3 Å². The van der Waals surface area contributed by atoms with Gasteiger partial charge in [0, 0.05) is 18.1 Å². The summed E-state index contributed by atoms with van der Waals surface area (Å²) in [5, 5.41) is 0. The van der Waals surface area contributed by atoms with Crippen molar-refractivity contribution >= 4 is 23.6 Å².